The van der Waals surface area contributed by atoms with Gasteiger partial charge in [0.15, 0.2) is 0 Å². The van der Waals surface area contributed by atoms with Gasteiger partial charge in [-0.1, -0.05) is 18.2 Å². The Morgan fingerprint density at radius 3 is 2.57 bits per heavy atom. The highest BCUT2D eigenvalue weighted by Gasteiger charge is 2.07. The van der Waals surface area contributed by atoms with E-state index in [-0.39, 0.29) is 5.91 Å². The molecule has 5 nitrogen and oxygen atoms in total. The third kappa shape index (κ3) is 4.80. The maximum Gasteiger partial charge on any atom is 0.253 e. The molecule has 1 amide bonds. The summed E-state index contributed by atoms with van der Waals surface area (Å²) in [7, 11) is 0. The molecule has 1 aromatic carbocycles. The summed E-state index contributed by atoms with van der Waals surface area (Å²) in [5, 5.41) is 6.11. The predicted octanol–water partition coefficient (Wildman–Crippen LogP) is 2.29. The molecule has 0 fully saturated rings. The highest BCUT2D eigenvalue weighted by molar-refractivity contribution is 5.98. The standard InChI is InChI=1S/C16H20N4O/c17-14-8-2-1-7-13(14)16(21)20-12-6-5-11-19-15-9-3-4-10-18-15/h1-4,7-10H,5-6,11-12,17H2,(H,18,19)(H,20,21). The van der Waals surface area contributed by atoms with Crippen LogP contribution in [0.5, 0.6) is 0 Å². The number of para-hydroxylation sites is 1. The number of hydrogen-bond donors (Lipinski definition) is 3. The number of hydrogen-bond acceptors (Lipinski definition) is 4. The van der Waals surface area contributed by atoms with E-state index in [1.54, 1.807) is 18.3 Å². The van der Waals surface area contributed by atoms with E-state index in [0.717, 1.165) is 25.2 Å². The lowest BCUT2D eigenvalue weighted by Gasteiger charge is -2.08. The highest BCUT2D eigenvalue weighted by atomic mass is 16.1. The normalized spacial score (nSPS) is 10.1. The van der Waals surface area contributed by atoms with Crippen molar-refractivity contribution in [1.29, 1.82) is 0 Å². The molecule has 1 heterocycles. The topological polar surface area (TPSA) is 80.0 Å². The number of rotatable bonds is 7. The highest BCUT2D eigenvalue weighted by Crippen LogP contribution is 2.09. The molecule has 5 heteroatoms. The monoisotopic (exact) mass is 284 g/mol. The van der Waals surface area contributed by atoms with Crippen LogP contribution in [-0.2, 0) is 0 Å². The molecule has 0 aliphatic rings. The van der Waals surface area contributed by atoms with Crippen LogP contribution in [0.25, 0.3) is 0 Å². The molecule has 0 atom stereocenters. The van der Waals surface area contributed by atoms with Gasteiger partial charge in [-0.25, -0.2) is 4.98 Å². The van der Waals surface area contributed by atoms with Gasteiger partial charge >= 0.3 is 0 Å². The number of nitrogens with one attached hydrogen (secondary N) is 2. The summed E-state index contributed by atoms with van der Waals surface area (Å²) in [6, 6.07) is 12.8. The lowest BCUT2D eigenvalue weighted by atomic mass is 10.1. The zero-order valence-corrected chi connectivity index (χ0v) is 11.9. The molecular weight excluding hydrogens is 264 g/mol. The van der Waals surface area contributed by atoms with Gasteiger partial charge in [0.05, 0.1) is 5.56 Å². The van der Waals surface area contributed by atoms with Crippen LogP contribution in [0.1, 0.15) is 23.2 Å². The smallest absolute Gasteiger partial charge is 0.253 e. The zero-order chi connectivity index (χ0) is 14.9. The first kappa shape index (κ1) is 14.8. The number of carbonyl (C=O) groups excluding carboxylic acids is 1. The van der Waals surface area contributed by atoms with E-state index < -0.39 is 0 Å². The van der Waals surface area contributed by atoms with Crippen LogP contribution in [0, 0.1) is 0 Å². The summed E-state index contributed by atoms with van der Waals surface area (Å²) in [5.41, 5.74) is 6.80. The number of nitrogens with zero attached hydrogens (tertiary/aromatic N) is 1. The van der Waals surface area contributed by atoms with Gasteiger partial charge in [0.25, 0.3) is 5.91 Å². The van der Waals surface area contributed by atoms with Crippen LogP contribution < -0.4 is 16.4 Å². The maximum atomic E-state index is 11.9. The first-order valence-electron chi connectivity index (χ1n) is 7.05. The first-order chi connectivity index (χ1) is 10.3. The molecule has 0 radical (unpaired) electrons. The minimum Gasteiger partial charge on any atom is -0.398 e. The van der Waals surface area contributed by atoms with Crippen molar-refractivity contribution in [1.82, 2.24) is 10.3 Å². The van der Waals surface area contributed by atoms with E-state index in [1.165, 1.54) is 0 Å². The Morgan fingerprint density at radius 1 is 1.05 bits per heavy atom. The second-order valence-electron chi connectivity index (χ2n) is 4.69. The summed E-state index contributed by atoms with van der Waals surface area (Å²) in [4.78, 5) is 16.1. The molecule has 0 saturated carbocycles. The number of benzene rings is 1. The Bertz CT molecular complexity index is 571. The van der Waals surface area contributed by atoms with Crippen molar-refractivity contribution in [3.05, 3.63) is 54.2 Å². The van der Waals surface area contributed by atoms with Crippen LogP contribution in [-0.4, -0.2) is 24.0 Å². The third-order valence-electron chi connectivity index (χ3n) is 3.07. The molecular formula is C16H20N4O. The number of amides is 1. The minimum absolute atomic E-state index is 0.120. The maximum absolute atomic E-state index is 11.9. The van der Waals surface area contributed by atoms with E-state index in [9.17, 15) is 4.79 Å². The van der Waals surface area contributed by atoms with Crippen molar-refractivity contribution < 1.29 is 4.79 Å². The van der Waals surface area contributed by atoms with Crippen molar-refractivity contribution in [2.45, 2.75) is 12.8 Å². The first-order valence-corrected chi connectivity index (χ1v) is 7.05. The Morgan fingerprint density at radius 2 is 1.81 bits per heavy atom. The van der Waals surface area contributed by atoms with Crippen LogP contribution in [0.4, 0.5) is 11.5 Å². The fourth-order valence-electron chi connectivity index (χ4n) is 1.93. The fraction of sp³-hybridized carbons (Fsp3) is 0.250. The average Bonchev–Trinajstić information content (AvgIpc) is 2.52. The van der Waals surface area contributed by atoms with E-state index >= 15 is 0 Å². The van der Waals surface area contributed by atoms with E-state index in [1.807, 2.05) is 30.3 Å². The van der Waals surface area contributed by atoms with Crippen LogP contribution >= 0.6 is 0 Å². The lowest BCUT2D eigenvalue weighted by molar-refractivity contribution is 0.0954. The molecule has 4 N–H and O–H groups in total. The van der Waals surface area contributed by atoms with Gasteiger partial charge in [-0.3, -0.25) is 4.79 Å². The van der Waals surface area contributed by atoms with Gasteiger partial charge in [0.2, 0.25) is 0 Å². The van der Waals surface area contributed by atoms with Crippen molar-refractivity contribution >= 4 is 17.4 Å². The predicted molar refractivity (Wildman–Crippen MR) is 85.1 cm³/mol. The molecule has 21 heavy (non-hydrogen) atoms. The number of carbonyl (C=O) groups is 1. The van der Waals surface area contributed by atoms with Crippen molar-refractivity contribution in [2.24, 2.45) is 0 Å². The minimum atomic E-state index is -0.120. The molecule has 0 aliphatic carbocycles. The number of anilines is 2. The molecule has 0 spiro atoms. The Kier molecular flexibility index (Phi) is 5.58. The van der Waals surface area contributed by atoms with Gasteiger partial charge in [-0.2, -0.15) is 0 Å². The summed E-state index contributed by atoms with van der Waals surface area (Å²) >= 11 is 0. The van der Waals surface area contributed by atoms with E-state index in [0.29, 0.717) is 17.8 Å². The lowest BCUT2D eigenvalue weighted by Crippen LogP contribution is -2.25. The quantitative estimate of drug-likeness (QED) is 0.538. The SMILES string of the molecule is Nc1ccccc1C(=O)NCCCCNc1ccccn1. The number of unbranched alkanes of at least 4 members (excludes halogenated alkanes) is 1. The largest absolute Gasteiger partial charge is 0.398 e. The molecule has 0 saturated heterocycles. The second kappa shape index (κ2) is 7.89. The number of nitrogen functional groups attached to an aromatic ring is 1. The molecule has 2 aromatic rings. The van der Waals surface area contributed by atoms with Gasteiger partial charge in [-0.05, 0) is 37.1 Å². The van der Waals surface area contributed by atoms with Crippen LogP contribution in [0.2, 0.25) is 0 Å². The summed E-state index contributed by atoms with van der Waals surface area (Å²) in [6.45, 7) is 1.47. The summed E-state index contributed by atoms with van der Waals surface area (Å²) < 4.78 is 0. The van der Waals surface area contributed by atoms with Gasteiger partial charge in [0.1, 0.15) is 5.82 Å². The van der Waals surface area contributed by atoms with Crippen molar-refractivity contribution in [3.8, 4) is 0 Å². The van der Waals surface area contributed by atoms with Gasteiger partial charge in [0, 0.05) is 25.0 Å². The third-order valence-corrected chi connectivity index (χ3v) is 3.07. The molecule has 110 valence electrons. The van der Waals surface area contributed by atoms with Crippen molar-refractivity contribution in [2.75, 3.05) is 24.1 Å². The molecule has 0 aliphatic heterocycles. The van der Waals surface area contributed by atoms with Crippen LogP contribution in [0.3, 0.4) is 0 Å². The number of aromatic nitrogens is 1. The molecule has 2 rings (SSSR count). The Balaban J connectivity index is 1.62. The number of nitrogens with two attached hydrogens (primary N) is 1. The molecule has 1 aromatic heterocycles. The Hall–Kier alpha value is -2.56. The molecule has 0 bridgehead atoms. The fourth-order valence-corrected chi connectivity index (χ4v) is 1.93. The van der Waals surface area contributed by atoms with Gasteiger partial charge in [-0.15, -0.1) is 0 Å². The second-order valence-corrected chi connectivity index (χ2v) is 4.69. The van der Waals surface area contributed by atoms with Crippen LogP contribution in [0.15, 0.2) is 48.7 Å². The summed E-state index contributed by atoms with van der Waals surface area (Å²) in [5.74, 6) is 0.754. The van der Waals surface area contributed by atoms with Crippen molar-refractivity contribution in [3.63, 3.8) is 0 Å². The zero-order valence-electron chi connectivity index (χ0n) is 11.9. The average molecular weight is 284 g/mol. The summed E-state index contributed by atoms with van der Waals surface area (Å²) in [6.07, 6.45) is 3.62. The van der Waals surface area contributed by atoms with E-state index in [4.69, 9.17) is 5.73 Å². The number of pyridine rings is 1. The Labute approximate surface area is 124 Å². The van der Waals surface area contributed by atoms with E-state index in [2.05, 4.69) is 15.6 Å². The van der Waals surface area contributed by atoms with Gasteiger partial charge < -0.3 is 16.4 Å². The molecule has 0 unspecified atom stereocenters.